The van der Waals surface area contributed by atoms with Gasteiger partial charge in [-0.05, 0) is 25.1 Å². The van der Waals surface area contributed by atoms with Crippen LogP contribution in [-0.4, -0.2) is 9.55 Å². The van der Waals surface area contributed by atoms with Gasteiger partial charge in [0.2, 0.25) is 0 Å². The first-order valence-corrected chi connectivity index (χ1v) is 6.47. The van der Waals surface area contributed by atoms with Crippen LogP contribution in [0.3, 0.4) is 0 Å². The number of benzene rings is 2. The second-order valence-corrected chi connectivity index (χ2v) is 4.60. The van der Waals surface area contributed by atoms with E-state index in [0.717, 1.165) is 16.9 Å². The van der Waals surface area contributed by atoms with Crippen molar-refractivity contribution in [2.24, 2.45) is 0 Å². The van der Waals surface area contributed by atoms with E-state index in [-0.39, 0.29) is 5.69 Å². The smallest absolute Gasteiger partial charge is 0.265 e. The Morgan fingerprint density at radius 2 is 1.50 bits per heavy atom. The van der Waals surface area contributed by atoms with Crippen molar-refractivity contribution in [3.05, 3.63) is 82.9 Å². The van der Waals surface area contributed by atoms with Crippen LogP contribution in [0.25, 0.3) is 16.9 Å². The highest BCUT2D eigenvalue weighted by Crippen LogP contribution is 2.17. The molecule has 0 fully saturated rings. The van der Waals surface area contributed by atoms with Crippen molar-refractivity contribution >= 4 is 0 Å². The number of hydrogen-bond acceptors (Lipinski definition) is 2. The van der Waals surface area contributed by atoms with Gasteiger partial charge in [0.1, 0.15) is 0 Å². The average Bonchev–Trinajstić information content (AvgIpc) is 2.48. The molecule has 3 rings (SSSR count). The molecule has 0 unspecified atom stereocenters. The molecule has 0 aliphatic rings. The van der Waals surface area contributed by atoms with Gasteiger partial charge in [-0.15, -0.1) is 0 Å². The number of aromatic nitrogens is 2. The monoisotopic (exact) mass is 262 g/mol. The fourth-order valence-electron chi connectivity index (χ4n) is 2.25. The summed E-state index contributed by atoms with van der Waals surface area (Å²) in [7, 11) is 0. The number of aryl methyl sites for hydroxylation is 1. The standard InChI is InChI=1S/C17H14N2O/c1-13-12-16(14-8-4-2-5-9-14)18-17(20)19(13)15-10-6-3-7-11-15/h2-12H,1H3. The molecule has 0 bridgehead atoms. The van der Waals surface area contributed by atoms with Crippen molar-refractivity contribution in [1.29, 1.82) is 0 Å². The van der Waals surface area contributed by atoms with Crippen molar-refractivity contribution < 1.29 is 0 Å². The van der Waals surface area contributed by atoms with E-state index in [2.05, 4.69) is 4.98 Å². The molecule has 2 aromatic carbocycles. The van der Waals surface area contributed by atoms with Crippen LogP contribution in [0.5, 0.6) is 0 Å². The Labute approximate surface area is 117 Å². The molecule has 0 atom stereocenters. The zero-order valence-corrected chi connectivity index (χ0v) is 11.2. The number of rotatable bonds is 2. The summed E-state index contributed by atoms with van der Waals surface area (Å²) in [5.74, 6) is 0. The largest absolute Gasteiger partial charge is 0.352 e. The molecule has 20 heavy (non-hydrogen) atoms. The van der Waals surface area contributed by atoms with Gasteiger partial charge in [-0.25, -0.2) is 4.79 Å². The molecule has 0 spiro atoms. The van der Waals surface area contributed by atoms with Crippen LogP contribution < -0.4 is 5.69 Å². The number of hydrogen-bond donors (Lipinski definition) is 0. The zero-order chi connectivity index (χ0) is 13.9. The van der Waals surface area contributed by atoms with Crippen molar-refractivity contribution in [3.63, 3.8) is 0 Å². The van der Waals surface area contributed by atoms with Crippen LogP contribution in [0.1, 0.15) is 5.69 Å². The van der Waals surface area contributed by atoms with Gasteiger partial charge >= 0.3 is 5.69 Å². The van der Waals surface area contributed by atoms with Crippen LogP contribution in [-0.2, 0) is 0 Å². The first-order chi connectivity index (χ1) is 9.75. The lowest BCUT2D eigenvalue weighted by Gasteiger charge is -2.10. The highest BCUT2D eigenvalue weighted by atomic mass is 16.1. The van der Waals surface area contributed by atoms with Gasteiger partial charge in [-0.1, -0.05) is 48.5 Å². The molecule has 0 aliphatic carbocycles. The highest BCUT2D eigenvalue weighted by molar-refractivity contribution is 5.59. The van der Waals surface area contributed by atoms with Crippen molar-refractivity contribution in [2.75, 3.05) is 0 Å². The molecule has 0 saturated heterocycles. The van der Waals surface area contributed by atoms with Gasteiger partial charge in [0.15, 0.2) is 0 Å². The minimum Gasteiger partial charge on any atom is -0.265 e. The molecule has 1 heterocycles. The molecule has 98 valence electrons. The van der Waals surface area contributed by atoms with Crippen molar-refractivity contribution in [2.45, 2.75) is 6.92 Å². The van der Waals surface area contributed by atoms with Gasteiger partial charge in [-0.2, -0.15) is 4.98 Å². The van der Waals surface area contributed by atoms with E-state index in [4.69, 9.17) is 0 Å². The number of para-hydroxylation sites is 1. The van der Waals surface area contributed by atoms with Crippen LogP contribution in [0.15, 0.2) is 71.5 Å². The molecule has 0 radical (unpaired) electrons. The van der Waals surface area contributed by atoms with Gasteiger partial charge < -0.3 is 0 Å². The van der Waals surface area contributed by atoms with Gasteiger partial charge in [0.05, 0.1) is 11.4 Å². The van der Waals surface area contributed by atoms with Gasteiger partial charge in [-0.3, -0.25) is 4.57 Å². The molecule has 0 N–H and O–H groups in total. The molecular weight excluding hydrogens is 248 g/mol. The first kappa shape index (κ1) is 12.4. The molecule has 3 aromatic rings. The summed E-state index contributed by atoms with van der Waals surface area (Å²) in [6.45, 7) is 1.92. The van der Waals surface area contributed by atoms with E-state index in [1.54, 1.807) is 4.57 Å². The maximum Gasteiger partial charge on any atom is 0.352 e. The van der Waals surface area contributed by atoms with Gasteiger partial charge in [0, 0.05) is 11.3 Å². The van der Waals surface area contributed by atoms with Crippen LogP contribution in [0.2, 0.25) is 0 Å². The topological polar surface area (TPSA) is 34.9 Å². The van der Waals surface area contributed by atoms with Crippen molar-refractivity contribution in [1.82, 2.24) is 9.55 Å². The van der Waals surface area contributed by atoms with E-state index >= 15 is 0 Å². The summed E-state index contributed by atoms with van der Waals surface area (Å²) in [5.41, 5.74) is 3.11. The van der Waals surface area contributed by atoms with E-state index < -0.39 is 0 Å². The fourth-order valence-corrected chi connectivity index (χ4v) is 2.25. The third-order valence-electron chi connectivity index (χ3n) is 3.19. The predicted octanol–water partition coefficient (Wildman–Crippen LogP) is 3.21. The third-order valence-corrected chi connectivity index (χ3v) is 3.19. The van der Waals surface area contributed by atoms with E-state index in [1.807, 2.05) is 73.7 Å². The van der Waals surface area contributed by atoms with Crippen LogP contribution in [0, 0.1) is 6.92 Å². The van der Waals surface area contributed by atoms with E-state index in [9.17, 15) is 4.79 Å². The lowest BCUT2D eigenvalue weighted by molar-refractivity contribution is 0.876. The fraction of sp³-hybridized carbons (Fsp3) is 0.0588. The lowest BCUT2D eigenvalue weighted by Crippen LogP contribution is -2.23. The zero-order valence-electron chi connectivity index (χ0n) is 11.2. The van der Waals surface area contributed by atoms with E-state index in [0.29, 0.717) is 5.69 Å². The second-order valence-electron chi connectivity index (χ2n) is 4.60. The Morgan fingerprint density at radius 3 is 2.10 bits per heavy atom. The van der Waals surface area contributed by atoms with E-state index in [1.165, 1.54) is 0 Å². The number of nitrogens with zero attached hydrogens (tertiary/aromatic N) is 2. The Morgan fingerprint density at radius 1 is 0.900 bits per heavy atom. The summed E-state index contributed by atoms with van der Waals surface area (Å²) in [5, 5.41) is 0. The Kier molecular flexibility index (Phi) is 3.17. The molecule has 0 amide bonds. The minimum atomic E-state index is -0.255. The highest BCUT2D eigenvalue weighted by Gasteiger charge is 2.07. The minimum absolute atomic E-state index is 0.255. The lowest BCUT2D eigenvalue weighted by atomic mass is 10.1. The maximum absolute atomic E-state index is 12.3. The summed E-state index contributed by atoms with van der Waals surface area (Å²) >= 11 is 0. The van der Waals surface area contributed by atoms with Gasteiger partial charge in [0.25, 0.3) is 0 Å². The van der Waals surface area contributed by atoms with Crippen molar-refractivity contribution in [3.8, 4) is 16.9 Å². The quantitative estimate of drug-likeness (QED) is 0.710. The maximum atomic E-state index is 12.3. The van der Waals surface area contributed by atoms with Crippen LogP contribution in [0.4, 0.5) is 0 Å². The molecular formula is C17H14N2O. The first-order valence-electron chi connectivity index (χ1n) is 6.47. The molecule has 0 saturated carbocycles. The molecule has 3 nitrogen and oxygen atoms in total. The van der Waals surface area contributed by atoms with Crippen LogP contribution >= 0.6 is 0 Å². The Balaban J connectivity index is 2.16. The predicted molar refractivity (Wildman–Crippen MR) is 80.0 cm³/mol. The molecule has 3 heteroatoms. The normalized spacial score (nSPS) is 10.4. The summed E-state index contributed by atoms with van der Waals surface area (Å²) in [4.78, 5) is 16.5. The second kappa shape index (κ2) is 5.13. The summed E-state index contributed by atoms with van der Waals surface area (Å²) < 4.78 is 1.62. The molecule has 0 aliphatic heterocycles. The Hall–Kier alpha value is -2.68. The summed E-state index contributed by atoms with van der Waals surface area (Å²) in [6, 6.07) is 21.2. The SMILES string of the molecule is Cc1cc(-c2ccccc2)nc(=O)n1-c1ccccc1. The Bertz CT molecular complexity index is 777. The molecule has 1 aromatic heterocycles. The third kappa shape index (κ3) is 2.26. The summed E-state index contributed by atoms with van der Waals surface area (Å²) in [6.07, 6.45) is 0. The average molecular weight is 262 g/mol.